The number of imide groups is 1. The number of amides is 3. The van der Waals surface area contributed by atoms with Crippen LogP contribution in [0.3, 0.4) is 0 Å². The third-order valence-corrected chi connectivity index (χ3v) is 6.57. The fourth-order valence-electron chi connectivity index (χ4n) is 4.94. The van der Waals surface area contributed by atoms with E-state index in [9.17, 15) is 14.4 Å². The molecule has 1 aliphatic carbocycles. The van der Waals surface area contributed by atoms with Crippen LogP contribution in [0.1, 0.15) is 34.3 Å². The van der Waals surface area contributed by atoms with Crippen molar-refractivity contribution in [3.8, 4) is 0 Å². The molecular formula is C20H24N4O3. The lowest BCUT2D eigenvalue weighted by Crippen LogP contribution is -2.52. The van der Waals surface area contributed by atoms with Crippen LogP contribution < -0.4 is 16.0 Å². The number of hydrogen-bond acceptors (Lipinski definition) is 5. The Hall–Kier alpha value is -2.25. The van der Waals surface area contributed by atoms with Gasteiger partial charge in [0.15, 0.2) is 0 Å². The second-order valence-corrected chi connectivity index (χ2v) is 8.17. The number of fused-ring (bicyclic) bond motifs is 2. The van der Waals surface area contributed by atoms with Crippen LogP contribution in [0, 0.1) is 17.8 Å². The topological polar surface area (TPSA) is 90.5 Å². The number of piperidine rings is 2. The van der Waals surface area contributed by atoms with Gasteiger partial charge in [-0.2, -0.15) is 0 Å². The first kappa shape index (κ1) is 16.9. The van der Waals surface area contributed by atoms with E-state index < -0.39 is 6.04 Å². The van der Waals surface area contributed by atoms with Gasteiger partial charge < -0.3 is 15.5 Å². The van der Waals surface area contributed by atoms with Crippen molar-refractivity contribution in [2.75, 3.05) is 19.6 Å². The van der Waals surface area contributed by atoms with Gasteiger partial charge in [0.1, 0.15) is 6.04 Å². The molecule has 0 spiro atoms. The molecule has 7 nitrogen and oxygen atoms in total. The summed E-state index contributed by atoms with van der Waals surface area (Å²) >= 11 is 0. The zero-order valence-electron chi connectivity index (χ0n) is 15.2. The lowest BCUT2D eigenvalue weighted by molar-refractivity contribution is -0.136. The van der Waals surface area contributed by atoms with Crippen molar-refractivity contribution in [1.82, 2.24) is 20.9 Å². The maximum absolute atomic E-state index is 12.8. The van der Waals surface area contributed by atoms with Crippen molar-refractivity contribution < 1.29 is 14.4 Å². The van der Waals surface area contributed by atoms with E-state index in [0.29, 0.717) is 18.5 Å². The van der Waals surface area contributed by atoms with Gasteiger partial charge in [0.05, 0.1) is 0 Å². The predicted molar refractivity (Wildman–Crippen MR) is 97.5 cm³/mol. The SMILES string of the molecule is O=C1CCC(N2Cc3ccc(CNCC4[C@H]5CNC[C@@H]45)cc3C2=O)C(=O)N1. The van der Waals surface area contributed by atoms with Crippen LogP contribution in [0.4, 0.5) is 0 Å². The van der Waals surface area contributed by atoms with E-state index >= 15 is 0 Å². The Morgan fingerprint density at radius 1 is 1.15 bits per heavy atom. The lowest BCUT2D eigenvalue weighted by atomic mass is 10.0. The first-order chi connectivity index (χ1) is 13.1. The largest absolute Gasteiger partial charge is 0.322 e. The molecule has 7 heteroatoms. The standard InChI is InChI=1S/C20H24N4O3/c25-18-4-3-17(19(26)23-18)24-10-12-2-1-11(5-13(12)20(24)27)6-21-7-14-15-8-22-9-16(14)15/h1-2,5,14-17,21-22H,3-4,6-10H2,(H,23,25,26)/t14?,15-,16+,17?. The minimum Gasteiger partial charge on any atom is -0.322 e. The Bertz CT molecular complexity index is 813. The van der Waals surface area contributed by atoms with Gasteiger partial charge in [-0.1, -0.05) is 12.1 Å². The Morgan fingerprint density at radius 2 is 1.96 bits per heavy atom. The van der Waals surface area contributed by atoms with E-state index in [0.717, 1.165) is 55.1 Å². The Morgan fingerprint density at radius 3 is 2.74 bits per heavy atom. The molecule has 0 aromatic heterocycles. The molecule has 5 rings (SSSR count). The number of hydrogen-bond donors (Lipinski definition) is 3. The van der Waals surface area contributed by atoms with Gasteiger partial charge in [0.2, 0.25) is 11.8 Å². The fourth-order valence-corrected chi connectivity index (χ4v) is 4.94. The van der Waals surface area contributed by atoms with Crippen LogP contribution in [0.15, 0.2) is 18.2 Å². The average molecular weight is 368 g/mol. The molecule has 27 heavy (non-hydrogen) atoms. The maximum Gasteiger partial charge on any atom is 0.255 e. The minimum atomic E-state index is -0.549. The summed E-state index contributed by atoms with van der Waals surface area (Å²) in [5, 5.41) is 9.28. The molecule has 0 bridgehead atoms. The molecule has 3 aliphatic heterocycles. The van der Waals surface area contributed by atoms with Crippen LogP contribution in [-0.4, -0.2) is 48.3 Å². The molecule has 3 amide bonds. The van der Waals surface area contributed by atoms with Gasteiger partial charge in [-0.05, 0) is 61.0 Å². The maximum atomic E-state index is 12.8. The van der Waals surface area contributed by atoms with E-state index in [2.05, 4.69) is 22.0 Å². The molecule has 1 aromatic rings. The molecule has 3 fully saturated rings. The summed E-state index contributed by atoms with van der Waals surface area (Å²) < 4.78 is 0. The molecule has 3 heterocycles. The summed E-state index contributed by atoms with van der Waals surface area (Å²) in [6, 6.07) is 5.45. The molecule has 4 atom stereocenters. The number of nitrogens with zero attached hydrogens (tertiary/aromatic N) is 1. The number of carbonyl (C=O) groups is 3. The normalized spacial score (nSPS) is 31.7. The zero-order chi connectivity index (χ0) is 18.5. The number of rotatable bonds is 5. The molecular weight excluding hydrogens is 344 g/mol. The summed E-state index contributed by atoms with van der Waals surface area (Å²) in [5.41, 5.74) is 2.74. The van der Waals surface area contributed by atoms with Gasteiger partial charge >= 0.3 is 0 Å². The molecule has 2 unspecified atom stereocenters. The molecule has 142 valence electrons. The van der Waals surface area contributed by atoms with Gasteiger partial charge in [-0.3, -0.25) is 19.7 Å². The van der Waals surface area contributed by atoms with Crippen molar-refractivity contribution in [3.63, 3.8) is 0 Å². The first-order valence-corrected chi connectivity index (χ1v) is 9.79. The predicted octanol–water partition coefficient (Wildman–Crippen LogP) is 0.00260. The van der Waals surface area contributed by atoms with Crippen molar-refractivity contribution >= 4 is 17.7 Å². The highest BCUT2D eigenvalue weighted by molar-refractivity contribution is 6.05. The van der Waals surface area contributed by atoms with Crippen molar-refractivity contribution in [1.29, 1.82) is 0 Å². The summed E-state index contributed by atoms with van der Waals surface area (Å²) in [6.07, 6.45) is 0.682. The molecule has 1 aromatic carbocycles. The Labute approximate surface area is 157 Å². The zero-order valence-corrected chi connectivity index (χ0v) is 15.2. The average Bonchev–Trinajstić information content (AvgIpc) is 2.98. The summed E-state index contributed by atoms with van der Waals surface area (Å²) in [6.45, 7) is 4.53. The first-order valence-electron chi connectivity index (χ1n) is 9.79. The van der Waals surface area contributed by atoms with Crippen LogP contribution in [0.5, 0.6) is 0 Å². The quantitative estimate of drug-likeness (QED) is 0.637. The number of benzene rings is 1. The second-order valence-electron chi connectivity index (χ2n) is 8.17. The molecule has 3 N–H and O–H groups in total. The van der Waals surface area contributed by atoms with Crippen LogP contribution in [0.2, 0.25) is 0 Å². The van der Waals surface area contributed by atoms with Crippen molar-refractivity contribution in [2.24, 2.45) is 17.8 Å². The van der Waals surface area contributed by atoms with Crippen LogP contribution >= 0.6 is 0 Å². The number of carbonyl (C=O) groups excluding carboxylic acids is 3. The van der Waals surface area contributed by atoms with Gasteiger partial charge in [0.25, 0.3) is 5.91 Å². The molecule has 0 radical (unpaired) electrons. The second kappa shape index (κ2) is 6.42. The third-order valence-electron chi connectivity index (χ3n) is 6.57. The van der Waals surface area contributed by atoms with Gasteiger partial charge in [0, 0.05) is 25.1 Å². The Kier molecular flexibility index (Phi) is 4.02. The smallest absolute Gasteiger partial charge is 0.255 e. The minimum absolute atomic E-state index is 0.107. The highest BCUT2D eigenvalue weighted by Crippen LogP contribution is 2.48. The van der Waals surface area contributed by atoms with Crippen LogP contribution in [-0.2, 0) is 22.7 Å². The molecule has 4 aliphatic rings. The van der Waals surface area contributed by atoms with E-state index in [1.807, 2.05) is 12.1 Å². The summed E-state index contributed by atoms with van der Waals surface area (Å²) in [5.74, 6) is 1.76. The number of nitrogens with one attached hydrogen (secondary N) is 3. The fraction of sp³-hybridized carbons (Fsp3) is 0.550. The van der Waals surface area contributed by atoms with E-state index in [1.54, 1.807) is 4.90 Å². The Balaban J connectivity index is 1.21. The van der Waals surface area contributed by atoms with E-state index in [-0.39, 0.29) is 24.1 Å². The van der Waals surface area contributed by atoms with Gasteiger partial charge in [-0.15, -0.1) is 0 Å². The molecule has 1 saturated carbocycles. The molecule has 2 saturated heterocycles. The van der Waals surface area contributed by atoms with E-state index in [4.69, 9.17) is 0 Å². The monoisotopic (exact) mass is 368 g/mol. The summed E-state index contributed by atoms with van der Waals surface area (Å²) in [7, 11) is 0. The lowest BCUT2D eigenvalue weighted by Gasteiger charge is -2.29. The van der Waals surface area contributed by atoms with Crippen molar-refractivity contribution in [3.05, 3.63) is 34.9 Å². The van der Waals surface area contributed by atoms with Gasteiger partial charge in [-0.25, -0.2) is 0 Å². The van der Waals surface area contributed by atoms with Crippen molar-refractivity contribution in [2.45, 2.75) is 32.0 Å². The highest BCUT2D eigenvalue weighted by Gasteiger charge is 2.51. The third kappa shape index (κ3) is 2.95. The highest BCUT2D eigenvalue weighted by atomic mass is 16.2. The summed E-state index contributed by atoms with van der Waals surface area (Å²) in [4.78, 5) is 37.9. The van der Waals surface area contributed by atoms with Crippen LogP contribution in [0.25, 0.3) is 0 Å². The van der Waals surface area contributed by atoms with E-state index in [1.165, 1.54) is 0 Å².